The quantitative estimate of drug-likeness (QED) is 0.522. The normalized spacial score (nSPS) is 11.8. The maximum atomic E-state index is 12.3. The van der Waals surface area contributed by atoms with E-state index >= 15 is 0 Å². The molecule has 0 saturated heterocycles. The van der Waals surface area contributed by atoms with Gasteiger partial charge in [0.25, 0.3) is 5.91 Å². The minimum atomic E-state index is -0.499. The van der Waals surface area contributed by atoms with E-state index in [1.165, 1.54) is 6.07 Å². The van der Waals surface area contributed by atoms with Gasteiger partial charge in [-0.2, -0.15) is 0 Å². The van der Waals surface area contributed by atoms with E-state index in [9.17, 15) is 14.9 Å². The van der Waals surface area contributed by atoms with Crippen LogP contribution < -0.4 is 10.1 Å². The molecule has 0 aliphatic carbocycles. The first-order chi connectivity index (χ1) is 13.0. The van der Waals surface area contributed by atoms with E-state index < -0.39 is 4.92 Å². The molecule has 1 N–H and O–H groups in total. The zero-order valence-electron chi connectivity index (χ0n) is 15.1. The molecule has 1 atom stereocenters. The molecule has 6 heteroatoms. The SMILES string of the molecule is Cc1cccc(OCC(=O)NC(C)c2cccc3ccccc23)c1[N+](=O)[O-]. The van der Waals surface area contributed by atoms with E-state index in [4.69, 9.17) is 4.74 Å². The number of aryl methyl sites for hydroxylation is 1. The first-order valence-electron chi connectivity index (χ1n) is 8.61. The van der Waals surface area contributed by atoms with Crippen LogP contribution in [-0.2, 0) is 4.79 Å². The molecule has 0 saturated carbocycles. The van der Waals surface area contributed by atoms with Gasteiger partial charge in [0.05, 0.1) is 11.0 Å². The molecular weight excluding hydrogens is 344 g/mol. The second-order valence-electron chi connectivity index (χ2n) is 6.33. The fourth-order valence-electron chi connectivity index (χ4n) is 3.11. The molecule has 138 valence electrons. The number of para-hydroxylation sites is 1. The topological polar surface area (TPSA) is 81.5 Å². The molecule has 0 aromatic heterocycles. The van der Waals surface area contributed by atoms with Crippen LogP contribution in [0.5, 0.6) is 5.75 Å². The summed E-state index contributed by atoms with van der Waals surface area (Å²) in [6.45, 7) is 3.24. The van der Waals surface area contributed by atoms with E-state index in [0.29, 0.717) is 5.56 Å². The Morgan fingerprint density at radius 2 is 1.81 bits per heavy atom. The molecule has 0 heterocycles. The Balaban J connectivity index is 1.70. The lowest BCUT2D eigenvalue weighted by Gasteiger charge is -2.17. The lowest BCUT2D eigenvalue weighted by atomic mass is 10.00. The summed E-state index contributed by atoms with van der Waals surface area (Å²) in [7, 11) is 0. The number of nitro groups is 1. The summed E-state index contributed by atoms with van der Waals surface area (Å²) in [6.07, 6.45) is 0. The van der Waals surface area contributed by atoms with Crippen LogP contribution in [-0.4, -0.2) is 17.4 Å². The molecular formula is C21H20N2O4. The molecule has 3 rings (SSSR count). The number of carbonyl (C=O) groups excluding carboxylic acids is 1. The van der Waals surface area contributed by atoms with Crippen LogP contribution in [0.1, 0.15) is 24.1 Å². The average molecular weight is 364 g/mol. The van der Waals surface area contributed by atoms with Crippen molar-refractivity contribution < 1.29 is 14.5 Å². The van der Waals surface area contributed by atoms with E-state index in [1.807, 2.05) is 49.4 Å². The molecule has 1 amide bonds. The number of fused-ring (bicyclic) bond motifs is 1. The van der Waals surface area contributed by atoms with Crippen LogP contribution >= 0.6 is 0 Å². The van der Waals surface area contributed by atoms with Crippen LogP contribution in [0, 0.1) is 17.0 Å². The van der Waals surface area contributed by atoms with Crippen LogP contribution in [0.4, 0.5) is 5.69 Å². The first-order valence-corrected chi connectivity index (χ1v) is 8.61. The van der Waals surface area contributed by atoms with Crippen molar-refractivity contribution in [2.45, 2.75) is 19.9 Å². The summed E-state index contributed by atoms with van der Waals surface area (Å²) < 4.78 is 5.41. The van der Waals surface area contributed by atoms with Gasteiger partial charge in [-0.05, 0) is 36.2 Å². The van der Waals surface area contributed by atoms with Gasteiger partial charge in [0.1, 0.15) is 0 Å². The van der Waals surface area contributed by atoms with Crippen molar-refractivity contribution in [3.63, 3.8) is 0 Å². The summed E-state index contributed by atoms with van der Waals surface area (Å²) in [6, 6.07) is 18.5. The molecule has 0 spiro atoms. The van der Waals surface area contributed by atoms with Crippen LogP contribution in [0.25, 0.3) is 10.8 Å². The molecule has 0 aliphatic heterocycles. The highest BCUT2D eigenvalue weighted by Gasteiger charge is 2.19. The lowest BCUT2D eigenvalue weighted by Crippen LogP contribution is -2.31. The van der Waals surface area contributed by atoms with Gasteiger partial charge in [-0.1, -0.05) is 54.6 Å². The number of amides is 1. The second-order valence-corrected chi connectivity index (χ2v) is 6.33. The number of nitrogens with one attached hydrogen (secondary N) is 1. The minimum Gasteiger partial charge on any atom is -0.477 e. The van der Waals surface area contributed by atoms with Crippen LogP contribution in [0.15, 0.2) is 60.7 Å². The Kier molecular flexibility index (Phi) is 5.35. The largest absolute Gasteiger partial charge is 0.477 e. The lowest BCUT2D eigenvalue weighted by molar-refractivity contribution is -0.386. The number of benzene rings is 3. The van der Waals surface area contributed by atoms with Crippen molar-refractivity contribution in [3.8, 4) is 5.75 Å². The van der Waals surface area contributed by atoms with Crippen molar-refractivity contribution in [3.05, 3.63) is 81.9 Å². The van der Waals surface area contributed by atoms with Gasteiger partial charge in [0.15, 0.2) is 12.4 Å². The molecule has 0 radical (unpaired) electrons. The summed E-state index contributed by atoms with van der Waals surface area (Å²) in [5.41, 5.74) is 1.37. The zero-order valence-corrected chi connectivity index (χ0v) is 15.1. The molecule has 0 fully saturated rings. The summed E-state index contributed by atoms with van der Waals surface area (Å²) in [5, 5.41) is 16.3. The van der Waals surface area contributed by atoms with Gasteiger partial charge < -0.3 is 10.1 Å². The average Bonchev–Trinajstić information content (AvgIpc) is 2.65. The van der Waals surface area contributed by atoms with Crippen LogP contribution in [0.2, 0.25) is 0 Å². The molecule has 27 heavy (non-hydrogen) atoms. The maximum absolute atomic E-state index is 12.3. The summed E-state index contributed by atoms with van der Waals surface area (Å²) in [5.74, 6) is -0.251. The number of nitrogens with zero attached hydrogens (tertiary/aromatic N) is 1. The van der Waals surface area contributed by atoms with E-state index in [1.54, 1.807) is 19.1 Å². The number of ether oxygens (including phenoxy) is 1. The highest BCUT2D eigenvalue weighted by molar-refractivity contribution is 5.87. The number of hydrogen-bond acceptors (Lipinski definition) is 4. The highest BCUT2D eigenvalue weighted by atomic mass is 16.6. The summed E-state index contributed by atoms with van der Waals surface area (Å²) >= 11 is 0. The van der Waals surface area contributed by atoms with Gasteiger partial charge in [0.2, 0.25) is 0 Å². The number of nitro benzene ring substituents is 1. The third kappa shape index (κ3) is 4.06. The van der Waals surface area contributed by atoms with Gasteiger partial charge in [0, 0.05) is 5.56 Å². The molecule has 3 aromatic carbocycles. The van der Waals surface area contributed by atoms with Crippen molar-refractivity contribution in [1.82, 2.24) is 5.32 Å². The fraction of sp³-hybridized carbons (Fsp3) is 0.190. The molecule has 0 aliphatic rings. The van der Waals surface area contributed by atoms with E-state index in [2.05, 4.69) is 5.32 Å². The fourth-order valence-corrected chi connectivity index (χ4v) is 3.11. The van der Waals surface area contributed by atoms with E-state index in [0.717, 1.165) is 16.3 Å². The van der Waals surface area contributed by atoms with Gasteiger partial charge in [-0.15, -0.1) is 0 Å². The Bertz CT molecular complexity index is 995. The monoisotopic (exact) mass is 364 g/mol. The Labute approximate surface area is 156 Å². The number of rotatable bonds is 6. The summed E-state index contributed by atoms with van der Waals surface area (Å²) in [4.78, 5) is 23.0. The Hall–Kier alpha value is -3.41. The van der Waals surface area contributed by atoms with Crippen molar-refractivity contribution in [2.24, 2.45) is 0 Å². The van der Waals surface area contributed by atoms with E-state index in [-0.39, 0.29) is 30.0 Å². The van der Waals surface area contributed by atoms with Crippen molar-refractivity contribution in [2.75, 3.05) is 6.61 Å². The smallest absolute Gasteiger partial charge is 0.313 e. The molecule has 0 bridgehead atoms. The Morgan fingerprint density at radius 1 is 1.11 bits per heavy atom. The predicted octanol–water partition coefficient (Wildman–Crippen LogP) is 4.31. The first kappa shape index (κ1) is 18.4. The van der Waals surface area contributed by atoms with Crippen molar-refractivity contribution in [1.29, 1.82) is 0 Å². The number of hydrogen-bond donors (Lipinski definition) is 1. The van der Waals surface area contributed by atoms with Gasteiger partial charge >= 0.3 is 5.69 Å². The number of carbonyl (C=O) groups is 1. The maximum Gasteiger partial charge on any atom is 0.313 e. The second kappa shape index (κ2) is 7.86. The molecule has 6 nitrogen and oxygen atoms in total. The standard InChI is InChI=1S/C21H20N2O4/c1-14-7-5-12-19(21(14)23(25)26)27-13-20(24)22-15(2)17-11-6-9-16-8-3-4-10-18(16)17/h3-12,15H,13H2,1-2H3,(H,22,24). The van der Waals surface area contributed by atoms with Crippen LogP contribution in [0.3, 0.4) is 0 Å². The van der Waals surface area contributed by atoms with Gasteiger partial charge in [-0.25, -0.2) is 0 Å². The Morgan fingerprint density at radius 3 is 2.59 bits per heavy atom. The molecule has 1 unspecified atom stereocenters. The third-order valence-corrected chi connectivity index (χ3v) is 4.41. The van der Waals surface area contributed by atoms with Gasteiger partial charge in [-0.3, -0.25) is 14.9 Å². The third-order valence-electron chi connectivity index (χ3n) is 4.41. The highest BCUT2D eigenvalue weighted by Crippen LogP contribution is 2.30. The zero-order chi connectivity index (χ0) is 19.4. The van der Waals surface area contributed by atoms with Crippen molar-refractivity contribution >= 4 is 22.4 Å². The minimum absolute atomic E-state index is 0.0907. The molecule has 3 aromatic rings. The predicted molar refractivity (Wildman–Crippen MR) is 104 cm³/mol.